The van der Waals surface area contributed by atoms with E-state index in [2.05, 4.69) is 15.5 Å². The van der Waals surface area contributed by atoms with Gasteiger partial charge in [0.15, 0.2) is 0 Å². The van der Waals surface area contributed by atoms with Gasteiger partial charge in [-0.3, -0.25) is 24.5 Å². The van der Waals surface area contributed by atoms with E-state index in [1.165, 1.54) is 11.3 Å². The number of nitro groups is 1. The van der Waals surface area contributed by atoms with Gasteiger partial charge in [-0.25, -0.2) is 4.79 Å². The molecular weight excluding hydrogens is 288 g/mol. The molecule has 0 saturated heterocycles. The number of anilines is 1. The third-order valence-corrected chi connectivity index (χ3v) is 3.15. The van der Waals surface area contributed by atoms with Crippen molar-refractivity contribution in [3.63, 3.8) is 0 Å². The van der Waals surface area contributed by atoms with Gasteiger partial charge in [-0.05, 0) is 6.92 Å². The monoisotopic (exact) mass is 298 g/mol. The van der Waals surface area contributed by atoms with Gasteiger partial charge in [0.05, 0.1) is 17.7 Å². The Labute approximate surface area is 115 Å². The van der Waals surface area contributed by atoms with Gasteiger partial charge in [0.2, 0.25) is 5.13 Å². The van der Waals surface area contributed by atoms with Crippen molar-refractivity contribution in [3.05, 3.63) is 42.2 Å². The predicted molar refractivity (Wildman–Crippen MR) is 71.2 cm³/mol. The zero-order valence-corrected chi connectivity index (χ0v) is 11.1. The Morgan fingerprint density at radius 3 is 2.90 bits per heavy atom. The van der Waals surface area contributed by atoms with Gasteiger partial charge in [0.1, 0.15) is 5.01 Å². The third-order valence-electron chi connectivity index (χ3n) is 2.29. The van der Waals surface area contributed by atoms with E-state index in [0.717, 1.165) is 10.8 Å². The molecule has 2 heterocycles. The van der Waals surface area contributed by atoms with E-state index in [0.29, 0.717) is 16.7 Å². The van der Waals surface area contributed by atoms with Gasteiger partial charge in [-0.15, -0.1) is 10.2 Å². The summed E-state index contributed by atoms with van der Waals surface area (Å²) in [6, 6.07) is 0. The summed E-state index contributed by atoms with van der Waals surface area (Å²) in [5.41, 5.74) is -2.45. The number of nitrogens with zero attached hydrogens (tertiary/aromatic N) is 4. The number of aromatic nitrogens is 4. The summed E-state index contributed by atoms with van der Waals surface area (Å²) in [5.74, 6) is 0. The van der Waals surface area contributed by atoms with Crippen LogP contribution in [0.25, 0.3) is 0 Å². The molecule has 0 atom stereocenters. The largest absolute Gasteiger partial charge is 0.360 e. The van der Waals surface area contributed by atoms with Crippen molar-refractivity contribution in [2.45, 2.75) is 13.5 Å². The first kappa shape index (κ1) is 13.9. The van der Waals surface area contributed by atoms with Crippen molar-refractivity contribution in [1.82, 2.24) is 19.7 Å². The highest BCUT2D eigenvalue weighted by atomic mass is 32.1. The van der Waals surface area contributed by atoms with Gasteiger partial charge in [-0.1, -0.05) is 11.3 Å². The second-order valence-corrected chi connectivity index (χ2v) is 4.75. The van der Waals surface area contributed by atoms with E-state index in [1.54, 1.807) is 0 Å². The summed E-state index contributed by atoms with van der Waals surface area (Å²) in [6.07, 6.45) is 0.898. The lowest BCUT2D eigenvalue weighted by Crippen LogP contribution is -2.31. The molecule has 0 aliphatic heterocycles. The minimum Gasteiger partial charge on any atom is -0.360 e. The molecule has 106 valence electrons. The summed E-state index contributed by atoms with van der Waals surface area (Å²) >= 11 is 1.22. The average Bonchev–Trinajstić information content (AvgIpc) is 2.80. The summed E-state index contributed by atoms with van der Waals surface area (Å²) in [5, 5.41) is 22.4. The van der Waals surface area contributed by atoms with E-state index in [9.17, 15) is 19.7 Å². The minimum absolute atomic E-state index is 0.000482. The van der Waals surface area contributed by atoms with Crippen LogP contribution in [0.1, 0.15) is 11.9 Å². The quantitative estimate of drug-likeness (QED) is 0.575. The van der Waals surface area contributed by atoms with Crippen LogP contribution in [0.15, 0.2) is 15.8 Å². The molecule has 0 saturated carbocycles. The number of nitrogens with one attached hydrogen (secondary N) is 2. The van der Waals surface area contributed by atoms with E-state index < -0.39 is 21.9 Å². The van der Waals surface area contributed by atoms with Crippen LogP contribution in [0.3, 0.4) is 0 Å². The Balaban J connectivity index is 2.33. The third kappa shape index (κ3) is 2.88. The lowest BCUT2D eigenvalue weighted by Gasteiger charge is -2.00. The first-order valence-electron chi connectivity index (χ1n) is 5.55. The van der Waals surface area contributed by atoms with Crippen molar-refractivity contribution in [3.8, 4) is 0 Å². The smallest absolute Gasteiger partial charge is 0.350 e. The highest BCUT2D eigenvalue weighted by molar-refractivity contribution is 7.15. The first-order valence-corrected chi connectivity index (χ1v) is 6.37. The second-order valence-electron chi connectivity index (χ2n) is 3.69. The summed E-state index contributed by atoms with van der Waals surface area (Å²) in [7, 11) is 0. The number of rotatable bonds is 5. The number of aromatic amines is 1. The van der Waals surface area contributed by atoms with E-state index >= 15 is 0 Å². The maximum Gasteiger partial charge on any atom is 0.350 e. The first-order chi connectivity index (χ1) is 9.51. The molecule has 0 bridgehead atoms. The van der Waals surface area contributed by atoms with Crippen molar-refractivity contribution < 1.29 is 4.92 Å². The molecular formula is C9H10N6O4S. The van der Waals surface area contributed by atoms with Gasteiger partial charge < -0.3 is 5.32 Å². The van der Waals surface area contributed by atoms with E-state index in [4.69, 9.17) is 0 Å². The molecule has 20 heavy (non-hydrogen) atoms. The molecule has 0 aliphatic carbocycles. The van der Waals surface area contributed by atoms with Gasteiger partial charge >= 0.3 is 16.9 Å². The minimum atomic E-state index is -1.03. The fourth-order valence-corrected chi connectivity index (χ4v) is 2.24. The Kier molecular flexibility index (Phi) is 3.89. The van der Waals surface area contributed by atoms with Crippen LogP contribution in [-0.4, -0.2) is 31.2 Å². The van der Waals surface area contributed by atoms with Crippen LogP contribution < -0.4 is 16.6 Å². The van der Waals surface area contributed by atoms with Gasteiger partial charge in [0, 0.05) is 6.54 Å². The van der Waals surface area contributed by atoms with Crippen LogP contribution in [0.5, 0.6) is 0 Å². The summed E-state index contributed by atoms with van der Waals surface area (Å²) in [4.78, 5) is 34.5. The highest BCUT2D eigenvalue weighted by Crippen LogP contribution is 2.15. The molecule has 11 heteroatoms. The Morgan fingerprint density at radius 2 is 2.25 bits per heavy atom. The lowest BCUT2D eigenvalue weighted by atomic mass is 10.5. The Bertz CT molecular complexity index is 747. The van der Waals surface area contributed by atoms with E-state index in [1.807, 2.05) is 11.9 Å². The molecule has 0 spiro atoms. The number of H-pyrrole nitrogens is 1. The fourth-order valence-electron chi connectivity index (χ4n) is 1.43. The lowest BCUT2D eigenvalue weighted by molar-refractivity contribution is -0.386. The molecule has 0 radical (unpaired) electrons. The maximum absolute atomic E-state index is 11.6. The molecule has 0 aliphatic rings. The Hall–Kier alpha value is -2.56. The average molecular weight is 298 g/mol. The standard InChI is InChI=1S/C9H10N6O4S/c1-2-10-8-13-12-6(20-8)4-14-3-5(15(18)19)7(16)11-9(14)17/h3H,2,4H2,1H3,(H,10,13)(H,11,16,17). The maximum atomic E-state index is 11.6. The fraction of sp³-hybridized carbons (Fsp3) is 0.333. The molecule has 0 fully saturated rings. The zero-order valence-electron chi connectivity index (χ0n) is 10.3. The molecule has 2 N–H and O–H groups in total. The molecule has 2 rings (SSSR count). The summed E-state index contributed by atoms with van der Waals surface area (Å²) in [6.45, 7) is 2.58. The van der Waals surface area contributed by atoms with Gasteiger partial charge in [0.25, 0.3) is 0 Å². The van der Waals surface area contributed by atoms with E-state index in [-0.39, 0.29) is 6.54 Å². The van der Waals surface area contributed by atoms with Crippen molar-refractivity contribution >= 4 is 22.2 Å². The highest BCUT2D eigenvalue weighted by Gasteiger charge is 2.15. The Morgan fingerprint density at radius 1 is 1.50 bits per heavy atom. The van der Waals surface area contributed by atoms with Crippen LogP contribution >= 0.6 is 11.3 Å². The van der Waals surface area contributed by atoms with Crippen molar-refractivity contribution in [1.29, 1.82) is 0 Å². The second kappa shape index (κ2) is 5.61. The van der Waals surface area contributed by atoms with Crippen LogP contribution in [0.2, 0.25) is 0 Å². The number of hydrogen-bond acceptors (Lipinski definition) is 8. The normalized spacial score (nSPS) is 10.4. The molecule has 0 aromatic carbocycles. The predicted octanol–water partition coefficient (Wildman–Crippen LogP) is -0.224. The molecule has 0 amide bonds. The SMILES string of the molecule is CCNc1nnc(Cn2cc([N+](=O)[O-])c(=O)[nH]c2=O)s1. The van der Waals surface area contributed by atoms with Crippen LogP contribution in [0.4, 0.5) is 10.8 Å². The molecule has 2 aromatic heterocycles. The molecule has 0 unspecified atom stereocenters. The zero-order chi connectivity index (χ0) is 14.7. The van der Waals surface area contributed by atoms with Crippen LogP contribution in [0, 0.1) is 10.1 Å². The topological polar surface area (TPSA) is 136 Å². The van der Waals surface area contributed by atoms with Crippen molar-refractivity contribution in [2.24, 2.45) is 0 Å². The number of hydrogen-bond donors (Lipinski definition) is 2. The molecule has 2 aromatic rings. The van der Waals surface area contributed by atoms with Gasteiger partial charge in [-0.2, -0.15) is 0 Å². The summed E-state index contributed by atoms with van der Waals surface area (Å²) < 4.78 is 1.01. The van der Waals surface area contributed by atoms with Crippen LogP contribution in [-0.2, 0) is 6.54 Å². The molecule has 10 nitrogen and oxygen atoms in total. The van der Waals surface area contributed by atoms with Crippen molar-refractivity contribution in [2.75, 3.05) is 11.9 Å².